The van der Waals surface area contributed by atoms with Crippen LogP contribution in [-0.2, 0) is 0 Å². The molecule has 30 heavy (non-hydrogen) atoms. The van der Waals surface area contributed by atoms with E-state index in [1.807, 2.05) is 0 Å². The van der Waals surface area contributed by atoms with Gasteiger partial charge in [-0.3, -0.25) is 0 Å². The van der Waals surface area contributed by atoms with Crippen LogP contribution in [0.5, 0.6) is 5.75 Å². The van der Waals surface area contributed by atoms with E-state index in [-0.39, 0.29) is 9.52 Å². The smallest absolute Gasteiger partial charge is 0.119 e. The average molecular weight is 431 g/mol. The summed E-state index contributed by atoms with van der Waals surface area (Å²) in [7, 11) is -0.291. The van der Waals surface area contributed by atoms with Crippen molar-refractivity contribution in [1.29, 1.82) is 0 Å². The first-order chi connectivity index (χ1) is 13.8. The van der Waals surface area contributed by atoms with Gasteiger partial charge in [-0.2, -0.15) is 0 Å². The number of allylic oxidation sites excluding steroid dienone is 2. The Balaban J connectivity index is 2.72. The molecule has 0 saturated carbocycles. The lowest BCUT2D eigenvalue weighted by molar-refractivity contribution is 0.147. The number of rotatable bonds is 11. The number of ether oxygens (including phenoxy) is 1. The van der Waals surface area contributed by atoms with Crippen LogP contribution in [0.15, 0.2) is 35.5 Å². The summed E-state index contributed by atoms with van der Waals surface area (Å²) in [6.45, 7) is 24.2. The fraction of sp³-hybridized carbons (Fsp3) is 0.714. The summed E-state index contributed by atoms with van der Waals surface area (Å²) in [5, 5.41) is 3.04. The lowest BCUT2D eigenvalue weighted by Crippen LogP contribution is -2.25. The highest BCUT2D eigenvalue weighted by Crippen LogP contribution is 2.34. The molecule has 0 saturated heterocycles. The lowest BCUT2D eigenvalue weighted by Gasteiger charge is -2.31. The molecule has 3 unspecified atom stereocenters. The second-order valence-electron chi connectivity index (χ2n) is 12.2. The monoisotopic (exact) mass is 430 g/mol. The maximum Gasteiger partial charge on any atom is 0.119 e. The second-order valence-corrected chi connectivity index (χ2v) is 14.5. The highest BCUT2D eigenvalue weighted by Gasteiger charge is 2.25. The normalized spacial score (nSPS) is 16.7. The van der Waals surface area contributed by atoms with Gasteiger partial charge in [-0.15, -0.1) is 0 Å². The zero-order valence-electron chi connectivity index (χ0n) is 21.8. The highest BCUT2D eigenvalue weighted by atomic mass is 28.2. The molecule has 0 spiro atoms. The van der Waals surface area contributed by atoms with Gasteiger partial charge in [0.1, 0.15) is 5.75 Å². The van der Waals surface area contributed by atoms with E-state index in [9.17, 15) is 0 Å². The first kappa shape index (κ1) is 27.0. The van der Waals surface area contributed by atoms with Gasteiger partial charge in [-0.1, -0.05) is 90.4 Å². The minimum Gasteiger partial charge on any atom is -0.493 e. The predicted octanol–water partition coefficient (Wildman–Crippen LogP) is 7.32. The SMILES string of the molecule is CC=C(C)[SiH2]c1ccc(OCC(CCC(C)CC(C)(C)C)C(C)CC(C)(C)C)cc1. The first-order valence-corrected chi connectivity index (χ1v) is 13.5. The topological polar surface area (TPSA) is 9.23 Å². The van der Waals surface area contributed by atoms with Crippen LogP contribution in [0.3, 0.4) is 0 Å². The van der Waals surface area contributed by atoms with Gasteiger partial charge in [-0.05, 0) is 73.8 Å². The van der Waals surface area contributed by atoms with Gasteiger partial charge in [0.05, 0.1) is 16.1 Å². The molecule has 1 rings (SSSR count). The third-order valence-electron chi connectivity index (χ3n) is 6.09. The van der Waals surface area contributed by atoms with Gasteiger partial charge < -0.3 is 4.74 Å². The van der Waals surface area contributed by atoms with E-state index >= 15 is 0 Å². The van der Waals surface area contributed by atoms with Gasteiger partial charge in [0.25, 0.3) is 0 Å². The molecule has 0 radical (unpaired) electrons. The molecule has 0 aliphatic rings. The van der Waals surface area contributed by atoms with E-state index in [0.29, 0.717) is 22.7 Å². The molecule has 1 aromatic rings. The Bertz CT molecular complexity index is 630. The van der Waals surface area contributed by atoms with E-state index in [1.54, 1.807) is 5.20 Å². The van der Waals surface area contributed by atoms with Crippen molar-refractivity contribution in [3.63, 3.8) is 0 Å². The van der Waals surface area contributed by atoms with E-state index in [4.69, 9.17) is 4.74 Å². The van der Waals surface area contributed by atoms with Gasteiger partial charge >= 0.3 is 0 Å². The molecule has 1 nitrogen and oxygen atoms in total. The van der Waals surface area contributed by atoms with Gasteiger partial charge in [0.15, 0.2) is 0 Å². The summed E-state index contributed by atoms with van der Waals surface area (Å²) in [6, 6.07) is 8.90. The summed E-state index contributed by atoms with van der Waals surface area (Å²) in [5.41, 5.74) is 0.782. The van der Waals surface area contributed by atoms with Crippen LogP contribution in [-0.4, -0.2) is 16.1 Å². The standard InChI is InChI=1S/C28H50OSi/c1-11-23(4)30-26-16-14-25(15-17-26)29-20-24(22(3)19-28(8,9)10)13-12-21(2)18-27(5,6)7/h11,14-17,21-22,24H,12-13,18-20,30H2,1-10H3. The Morgan fingerprint density at radius 3 is 2.00 bits per heavy atom. The van der Waals surface area contributed by atoms with Crippen LogP contribution in [0.25, 0.3) is 0 Å². The largest absolute Gasteiger partial charge is 0.493 e. The van der Waals surface area contributed by atoms with Crippen molar-refractivity contribution in [2.24, 2.45) is 28.6 Å². The van der Waals surface area contributed by atoms with Crippen molar-refractivity contribution in [1.82, 2.24) is 0 Å². The average Bonchev–Trinajstić information content (AvgIpc) is 2.59. The zero-order chi connectivity index (χ0) is 22.9. The Hall–Kier alpha value is -1.02. The molecule has 1 aromatic carbocycles. The Kier molecular flexibility index (Phi) is 10.9. The van der Waals surface area contributed by atoms with Crippen LogP contribution in [0.1, 0.15) is 94.9 Å². The fourth-order valence-corrected chi connectivity index (χ4v) is 5.96. The molecular formula is C28H50OSi. The minimum atomic E-state index is -0.291. The molecule has 3 atom stereocenters. The van der Waals surface area contributed by atoms with Gasteiger partial charge in [0, 0.05) is 0 Å². The van der Waals surface area contributed by atoms with E-state index in [2.05, 4.69) is 99.6 Å². The van der Waals surface area contributed by atoms with Crippen LogP contribution in [0.2, 0.25) is 0 Å². The van der Waals surface area contributed by atoms with Crippen molar-refractivity contribution >= 4 is 14.7 Å². The van der Waals surface area contributed by atoms with Crippen LogP contribution < -0.4 is 9.92 Å². The Morgan fingerprint density at radius 2 is 1.50 bits per heavy atom. The second kappa shape index (κ2) is 12.1. The van der Waals surface area contributed by atoms with E-state index in [0.717, 1.165) is 18.3 Å². The van der Waals surface area contributed by atoms with Crippen LogP contribution in [0.4, 0.5) is 0 Å². The van der Waals surface area contributed by atoms with Gasteiger partial charge in [0.2, 0.25) is 0 Å². The Labute approximate surface area is 190 Å². The maximum absolute atomic E-state index is 6.32. The van der Waals surface area contributed by atoms with E-state index in [1.165, 1.54) is 30.9 Å². The molecule has 2 heteroatoms. The molecule has 0 amide bonds. The van der Waals surface area contributed by atoms with Crippen molar-refractivity contribution in [3.05, 3.63) is 35.5 Å². The van der Waals surface area contributed by atoms with Crippen LogP contribution >= 0.6 is 0 Å². The fourth-order valence-electron chi connectivity index (χ4n) is 4.64. The minimum absolute atomic E-state index is 0.291. The molecule has 0 aromatic heterocycles. The molecule has 0 aliphatic carbocycles. The third-order valence-corrected chi connectivity index (χ3v) is 7.94. The molecule has 0 bridgehead atoms. The molecular weight excluding hydrogens is 380 g/mol. The van der Waals surface area contributed by atoms with Gasteiger partial charge in [-0.25, -0.2) is 0 Å². The summed E-state index contributed by atoms with van der Waals surface area (Å²) in [6.07, 6.45) is 7.36. The highest BCUT2D eigenvalue weighted by molar-refractivity contribution is 6.60. The molecule has 0 aliphatic heterocycles. The van der Waals surface area contributed by atoms with E-state index < -0.39 is 0 Å². The third kappa shape index (κ3) is 12.0. The first-order valence-electron chi connectivity index (χ1n) is 12.1. The number of benzene rings is 1. The summed E-state index contributed by atoms with van der Waals surface area (Å²) in [5.74, 6) is 3.09. The van der Waals surface area contributed by atoms with Crippen molar-refractivity contribution in [2.75, 3.05) is 6.61 Å². The summed E-state index contributed by atoms with van der Waals surface area (Å²) in [4.78, 5) is 0. The lowest BCUT2D eigenvalue weighted by atomic mass is 9.76. The van der Waals surface area contributed by atoms with Crippen molar-refractivity contribution in [3.8, 4) is 5.75 Å². The quantitative estimate of drug-likeness (QED) is 0.334. The van der Waals surface area contributed by atoms with Crippen molar-refractivity contribution < 1.29 is 4.74 Å². The number of hydrogen-bond acceptors (Lipinski definition) is 1. The summed E-state index contributed by atoms with van der Waals surface area (Å²) >= 11 is 0. The molecule has 172 valence electrons. The number of hydrogen-bond donors (Lipinski definition) is 0. The molecule has 0 N–H and O–H groups in total. The summed E-state index contributed by atoms with van der Waals surface area (Å²) < 4.78 is 6.32. The molecule has 0 heterocycles. The van der Waals surface area contributed by atoms with Crippen molar-refractivity contribution in [2.45, 2.75) is 94.9 Å². The Morgan fingerprint density at radius 1 is 0.933 bits per heavy atom. The predicted molar refractivity (Wildman–Crippen MR) is 139 cm³/mol. The molecule has 0 fully saturated rings. The maximum atomic E-state index is 6.32. The van der Waals surface area contributed by atoms with Crippen LogP contribution in [0, 0.1) is 28.6 Å². The zero-order valence-corrected chi connectivity index (χ0v) is 23.2.